The monoisotopic (exact) mass is 366 g/mol. The number of hydrogen-bond donors (Lipinski definition) is 0. The van der Waals surface area contributed by atoms with E-state index in [-0.39, 0.29) is 18.3 Å². The van der Waals surface area contributed by atoms with Gasteiger partial charge in [-0.25, -0.2) is 0 Å². The summed E-state index contributed by atoms with van der Waals surface area (Å²) in [4.78, 5) is 16.4. The van der Waals surface area contributed by atoms with Gasteiger partial charge in [-0.15, -0.1) is 12.4 Å². The van der Waals surface area contributed by atoms with Crippen molar-refractivity contribution in [2.75, 3.05) is 33.2 Å². The Labute approximate surface area is 122 Å². The predicted octanol–water partition coefficient (Wildman–Crippen LogP) is 2.10. The third-order valence-electron chi connectivity index (χ3n) is 2.89. The van der Waals surface area contributed by atoms with Crippen LogP contribution >= 0.6 is 35.0 Å². The molecule has 0 radical (unpaired) electrons. The van der Waals surface area contributed by atoms with Crippen molar-refractivity contribution in [1.82, 2.24) is 9.80 Å². The molecule has 1 saturated heterocycles. The first kappa shape index (κ1) is 14.7. The molecule has 94 valence electrons. The second kappa shape index (κ2) is 6.56. The number of piperazine rings is 1. The molecule has 1 fully saturated rings. The number of carbonyl (C=O) groups excluding carboxylic acids is 1. The molecular formula is C12H16ClIN2O. The fraction of sp³-hybridized carbons (Fsp3) is 0.417. The summed E-state index contributed by atoms with van der Waals surface area (Å²) in [6, 6.07) is 7.76. The summed E-state index contributed by atoms with van der Waals surface area (Å²) in [5.74, 6) is 0.165. The molecule has 0 N–H and O–H groups in total. The van der Waals surface area contributed by atoms with E-state index < -0.39 is 0 Å². The Morgan fingerprint density at radius 2 is 1.76 bits per heavy atom. The number of hydrogen-bond acceptors (Lipinski definition) is 2. The SMILES string of the molecule is CN1CCN(C(=O)c2ccccc2I)CC1.Cl. The number of benzene rings is 1. The van der Waals surface area contributed by atoms with Crippen molar-refractivity contribution in [1.29, 1.82) is 0 Å². The molecule has 0 aromatic heterocycles. The summed E-state index contributed by atoms with van der Waals surface area (Å²) in [6.07, 6.45) is 0. The topological polar surface area (TPSA) is 23.6 Å². The Bertz CT molecular complexity index is 392. The van der Waals surface area contributed by atoms with Gasteiger partial charge in [0.15, 0.2) is 0 Å². The fourth-order valence-corrected chi connectivity index (χ4v) is 2.43. The van der Waals surface area contributed by atoms with Gasteiger partial charge in [0.25, 0.3) is 5.91 Å². The van der Waals surface area contributed by atoms with Crippen molar-refractivity contribution >= 4 is 40.9 Å². The number of nitrogens with zero attached hydrogens (tertiary/aromatic N) is 2. The molecule has 1 amide bonds. The van der Waals surface area contributed by atoms with E-state index in [1.165, 1.54) is 0 Å². The maximum atomic E-state index is 12.2. The lowest BCUT2D eigenvalue weighted by molar-refractivity contribution is 0.0663. The molecule has 1 aromatic rings. The summed E-state index contributed by atoms with van der Waals surface area (Å²) in [5.41, 5.74) is 0.827. The first-order chi connectivity index (χ1) is 7.68. The minimum absolute atomic E-state index is 0. The van der Waals surface area contributed by atoms with Crippen LogP contribution in [0, 0.1) is 3.57 Å². The highest BCUT2D eigenvalue weighted by Crippen LogP contribution is 2.14. The zero-order chi connectivity index (χ0) is 11.5. The average Bonchev–Trinajstić information content (AvgIpc) is 2.30. The van der Waals surface area contributed by atoms with Gasteiger partial charge < -0.3 is 9.80 Å². The average molecular weight is 367 g/mol. The van der Waals surface area contributed by atoms with E-state index in [1.807, 2.05) is 29.2 Å². The van der Waals surface area contributed by atoms with Gasteiger partial charge in [-0.2, -0.15) is 0 Å². The van der Waals surface area contributed by atoms with Gasteiger partial charge in [-0.1, -0.05) is 12.1 Å². The van der Waals surface area contributed by atoms with Gasteiger partial charge >= 0.3 is 0 Å². The largest absolute Gasteiger partial charge is 0.336 e. The van der Waals surface area contributed by atoms with Crippen LogP contribution in [0.3, 0.4) is 0 Å². The van der Waals surface area contributed by atoms with Crippen LogP contribution in [0.4, 0.5) is 0 Å². The van der Waals surface area contributed by atoms with Crippen molar-refractivity contribution < 1.29 is 4.79 Å². The molecule has 0 atom stereocenters. The minimum atomic E-state index is 0. The highest BCUT2D eigenvalue weighted by molar-refractivity contribution is 14.1. The van der Waals surface area contributed by atoms with Crippen molar-refractivity contribution in [2.45, 2.75) is 0 Å². The zero-order valence-corrected chi connectivity index (χ0v) is 12.7. The van der Waals surface area contributed by atoms with Crippen LogP contribution in [0.15, 0.2) is 24.3 Å². The van der Waals surface area contributed by atoms with E-state index in [4.69, 9.17) is 0 Å². The lowest BCUT2D eigenvalue weighted by Gasteiger charge is -2.32. The first-order valence-electron chi connectivity index (χ1n) is 5.41. The standard InChI is InChI=1S/C12H15IN2O.ClH/c1-14-6-8-15(9-7-14)12(16)10-4-2-3-5-11(10)13;/h2-5H,6-9H2,1H3;1H. The number of rotatable bonds is 1. The van der Waals surface area contributed by atoms with E-state index >= 15 is 0 Å². The highest BCUT2D eigenvalue weighted by Gasteiger charge is 2.21. The molecule has 0 spiro atoms. The maximum absolute atomic E-state index is 12.2. The molecule has 1 aliphatic rings. The Hall–Kier alpha value is -0.330. The lowest BCUT2D eigenvalue weighted by Crippen LogP contribution is -2.47. The van der Waals surface area contributed by atoms with Crippen molar-refractivity contribution in [2.24, 2.45) is 0 Å². The number of halogens is 2. The van der Waals surface area contributed by atoms with E-state index in [1.54, 1.807) is 0 Å². The third kappa shape index (κ3) is 3.56. The molecule has 1 aromatic carbocycles. The summed E-state index contributed by atoms with van der Waals surface area (Å²) in [6.45, 7) is 3.60. The quantitative estimate of drug-likeness (QED) is 0.711. The number of carbonyl (C=O) groups is 1. The molecule has 2 rings (SSSR count). The molecule has 1 heterocycles. The normalized spacial score (nSPS) is 16.5. The van der Waals surface area contributed by atoms with E-state index in [0.717, 1.165) is 35.3 Å². The fourth-order valence-electron chi connectivity index (χ4n) is 1.81. The van der Waals surface area contributed by atoms with Gasteiger partial charge in [0.05, 0.1) is 5.56 Å². The predicted molar refractivity (Wildman–Crippen MR) is 79.8 cm³/mol. The van der Waals surface area contributed by atoms with Crippen LogP contribution in [0.5, 0.6) is 0 Å². The summed E-state index contributed by atoms with van der Waals surface area (Å²) in [5, 5.41) is 0. The smallest absolute Gasteiger partial charge is 0.255 e. The molecule has 17 heavy (non-hydrogen) atoms. The second-order valence-corrected chi connectivity index (χ2v) is 5.24. The van der Waals surface area contributed by atoms with Gasteiger partial charge in [0, 0.05) is 29.7 Å². The molecule has 0 aliphatic carbocycles. The third-order valence-corrected chi connectivity index (χ3v) is 3.84. The van der Waals surface area contributed by atoms with Crippen LogP contribution in [0.25, 0.3) is 0 Å². The molecule has 5 heteroatoms. The molecule has 0 bridgehead atoms. The number of amides is 1. The minimum Gasteiger partial charge on any atom is -0.336 e. The molecule has 0 saturated carbocycles. The Kier molecular flexibility index (Phi) is 5.69. The van der Waals surface area contributed by atoms with Gasteiger partial charge in [0.2, 0.25) is 0 Å². The van der Waals surface area contributed by atoms with Crippen LogP contribution in [0.1, 0.15) is 10.4 Å². The lowest BCUT2D eigenvalue weighted by atomic mass is 10.2. The van der Waals surface area contributed by atoms with Crippen LogP contribution in [0.2, 0.25) is 0 Å². The van der Waals surface area contributed by atoms with Gasteiger partial charge in [-0.3, -0.25) is 4.79 Å². The highest BCUT2D eigenvalue weighted by atomic mass is 127. The zero-order valence-electron chi connectivity index (χ0n) is 9.73. The summed E-state index contributed by atoms with van der Waals surface area (Å²) < 4.78 is 1.03. The van der Waals surface area contributed by atoms with Crippen molar-refractivity contribution in [3.8, 4) is 0 Å². The molecule has 3 nitrogen and oxygen atoms in total. The molecular weight excluding hydrogens is 351 g/mol. The van der Waals surface area contributed by atoms with E-state index in [9.17, 15) is 4.79 Å². The van der Waals surface area contributed by atoms with Crippen LogP contribution < -0.4 is 0 Å². The van der Waals surface area contributed by atoms with Crippen LogP contribution in [-0.2, 0) is 0 Å². The molecule has 0 unspecified atom stereocenters. The van der Waals surface area contributed by atoms with E-state index in [2.05, 4.69) is 34.5 Å². The van der Waals surface area contributed by atoms with Crippen molar-refractivity contribution in [3.05, 3.63) is 33.4 Å². The summed E-state index contributed by atoms with van der Waals surface area (Å²) >= 11 is 2.22. The molecule has 1 aliphatic heterocycles. The van der Waals surface area contributed by atoms with Crippen LogP contribution in [-0.4, -0.2) is 48.9 Å². The maximum Gasteiger partial charge on any atom is 0.255 e. The van der Waals surface area contributed by atoms with Gasteiger partial charge in [0.1, 0.15) is 0 Å². The number of likely N-dealkylation sites (N-methyl/N-ethyl adjacent to an activating group) is 1. The summed E-state index contributed by atoms with van der Waals surface area (Å²) in [7, 11) is 2.09. The Balaban J connectivity index is 0.00000144. The second-order valence-electron chi connectivity index (χ2n) is 4.08. The Morgan fingerprint density at radius 3 is 2.35 bits per heavy atom. The van der Waals surface area contributed by atoms with Crippen molar-refractivity contribution in [3.63, 3.8) is 0 Å². The Morgan fingerprint density at radius 1 is 1.18 bits per heavy atom. The van der Waals surface area contributed by atoms with Gasteiger partial charge in [-0.05, 0) is 41.8 Å². The van der Waals surface area contributed by atoms with E-state index in [0.29, 0.717) is 0 Å². The first-order valence-corrected chi connectivity index (χ1v) is 6.48.